The fourth-order valence-electron chi connectivity index (χ4n) is 7.86. The lowest BCUT2D eigenvalue weighted by molar-refractivity contribution is -0.118. The van der Waals surface area contributed by atoms with Crippen LogP contribution >= 0.6 is 0 Å². The highest BCUT2D eigenvalue weighted by molar-refractivity contribution is 6.00. The maximum Gasteiger partial charge on any atom is 0.262 e. The number of rotatable bonds is 6. The Morgan fingerprint density at radius 3 is 2.74 bits per heavy atom. The predicted molar refractivity (Wildman–Crippen MR) is 173 cm³/mol. The van der Waals surface area contributed by atoms with Gasteiger partial charge in [-0.25, -0.2) is 15.0 Å². The lowest BCUT2D eigenvalue weighted by Gasteiger charge is -2.27. The molecule has 9 rings (SSSR count). The van der Waals surface area contributed by atoms with Crippen molar-refractivity contribution in [3.63, 3.8) is 0 Å². The highest BCUT2D eigenvalue weighted by Crippen LogP contribution is 2.44. The fourth-order valence-corrected chi connectivity index (χ4v) is 7.86. The number of hydrogen-bond donors (Lipinski definition) is 1. The van der Waals surface area contributed by atoms with Crippen LogP contribution < -0.4 is 14.8 Å². The van der Waals surface area contributed by atoms with Gasteiger partial charge in [0.15, 0.2) is 12.4 Å². The SMILES string of the molecule is COc1cc(C(=O)N2CC3CCC2[C@@H]3C)cc2nc(-c3cc4ccc(-c5cnc6c(c5)NC(=O)CO6)nc4n3CC3CC3)n(C)c12. The number of methoxy groups -OCH3 is 1. The zero-order valence-corrected chi connectivity index (χ0v) is 26.1. The van der Waals surface area contributed by atoms with E-state index in [4.69, 9.17) is 19.4 Å². The highest BCUT2D eigenvalue weighted by atomic mass is 16.5. The van der Waals surface area contributed by atoms with Crippen molar-refractivity contribution in [2.75, 3.05) is 25.6 Å². The van der Waals surface area contributed by atoms with Gasteiger partial charge in [-0.2, -0.15) is 0 Å². The first-order chi connectivity index (χ1) is 22.4. The van der Waals surface area contributed by atoms with Crippen molar-refractivity contribution in [1.82, 2.24) is 29.0 Å². The molecular weight excluding hydrogens is 582 g/mol. The number of amides is 2. The molecule has 5 aromatic rings. The molecule has 2 aliphatic carbocycles. The van der Waals surface area contributed by atoms with Crippen LogP contribution in [-0.2, 0) is 18.4 Å². The molecule has 3 atom stereocenters. The van der Waals surface area contributed by atoms with E-state index < -0.39 is 0 Å². The number of fused-ring (bicyclic) bond motifs is 5. The van der Waals surface area contributed by atoms with Gasteiger partial charge in [0.05, 0.1) is 24.0 Å². The fraction of sp³-hybridized carbons (Fsp3) is 0.400. The zero-order chi connectivity index (χ0) is 31.3. The number of pyridine rings is 2. The summed E-state index contributed by atoms with van der Waals surface area (Å²) in [4.78, 5) is 42.4. The van der Waals surface area contributed by atoms with Gasteiger partial charge in [0, 0.05) is 48.9 Å². The minimum absolute atomic E-state index is 0.0364. The van der Waals surface area contributed by atoms with Gasteiger partial charge >= 0.3 is 0 Å². The van der Waals surface area contributed by atoms with Crippen LogP contribution in [0.4, 0.5) is 5.69 Å². The summed E-state index contributed by atoms with van der Waals surface area (Å²) in [7, 11) is 3.65. The number of hydrogen-bond acceptors (Lipinski definition) is 7. The molecule has 0 radical (unpaired) electrons. The van der Waals surface area contributed by atoms with E-state index in [-0.39, 0.29) is 18.4 Å². The number of piperidine rings is 1. The number of imidazole rings is 1. The molecule has 4 aliphatic rings. The van der Waals surface area contributed by atoms with Crippen molar-refractivity contribution in [2.45, 2.75) is 45.2 Å². The summed E-state index contributed by atoms with van der Waals surface area (Å²) < 4.78 is 15.7. The summed E-state index contributed by atoms with van der Waals surface area (Å²) in [6.45, 7) is 3.91. The number of carbonyl (C=O) groups excluding carboxylic acids is 2. The highest BCUT2D eigenvalue weighted by Gasteiger charge is 2.46. The Morgan fingerprint density at radius 1 is 1.11 bits per heavy atom. The second-order valence-electron chi connectivity index (χ2n) is 13.4. The smallest absolute Gasteiger partial charge is 0.262 e. The largest absolute Gasteiger partial charge is 0.494 e. The van der Waals surface area contributed by atoms with Crippen molar-refractivity contribution < 1.29 is 19.1 Å². The Bertz CT molecular complexity index is 2090. The summed E-state index contributed by atoms with van der Waals surface area (Å²) in [6.07, 6.45) is 6.40. The Morgan fingerprint density at radius 2 is 1.98 bits per heavy atom. The van der Waals surface area contributed by atoms with Crippen LogP contribution in [-0.4, -0.2) is 67.1 Å². The molecule has 11 nitrogen and oxygen atoms in total. The van der Waals surface area contributed by atoms with E-state index in [0.717, 1.165) is 64.4 Å². The summed E-state index contributed by atoms with van der Waals surface area (Å²) in [5, 5.41) is 3.85. The minimum Gasteiger partial charge on any atom is -0.494 e. The maximum absolute atomic E-state index is 13.8. The molecule has 1 saturated heterocycles. The molecule has 1 aromatic carbocycles. The monoisotopic (exact) mass is 617 g/mol. The van der Waals surface area contributed by atoms with Crippen LogP contribution in [0.5, 0.6) is 11.6 Å². The normalized spacial score (nSPS) is 21.9. The molecule has 6 heterocycles. The van der Waals surface area contributed by atoms with E-state index in [9.17, 15) is 9.59 Å². The van der Waals surface area contributed by atoms with E-state index in [0.29, 0.717) is 46.7 Å². The van der Waals surface area contributed by atoms with Crippen molar-refractivity contribution >= 4 is 39.6 Å². The molecule has 1 N–H and O–H groups in total. The quantitative estimate of drug-likeness (QED) is 0.276. The van der Waals surface area contributed by atoms with Crippen LogP contribution in [0.25, 0.3) is 44.8 Å². The van der Waals surface area contributed by atoms with Gasteiger partial charge < -0.3 is 28.8 Å². The Kier molecular flexibility index (Phi) is 5.97. The molecule has 46 heavy (non-hydrogen) atoms. The third kappa shape index (κ3) is 4.20. The predicted octanol–water partition coefficient (Wildman–Crippen LogP) is 5.27. The molecule has 2 unspecified atom stereocenters. The molecule has 11 heteroatoms. The molecule has 2 saturated carbocycles. The van der Waals surface area contributed by atoms with Crippen LogP contribution in [0, 0.1) is 17.8 Å². The standard InChI is InChI=1S/C35H35N7O4/c1-18-21-7-9-27(18)42(16-21)35(44)22-10-25-31(29(13-22)45-3)40(2)33(39-25)28-12-20-6-8-24(38-32(20)41(28)15-19-4-5-19)23-11-26-34(36-14-23)46-17-30(43)37-26/h6,8,10-14,18-19,21,27H,4-5,7,9,15-17H2,1-3H3,(H,37,43)/t18-,21?,27?/m1/s1. The molecule has 0 spiro atoms. The lowest BCUT2D eigenvalue weighted by Crippen LogP contribution is -2.38. The van der Waals surface area contributed by atoms with Crippen LogP contribution in [0.15, 0.2) is 42.6 Å². The number of aromatic nitrogens is 5. The van der Waals surface area contributed by atoms with Gasteiger partial charge in [0.1, 0.15) is 22.6 Å². The number of benzene rings is 1. The first kappa shape index (κ1) is 27.4. The van der Waals surface area contributed by atoms with Gasteiger partial charge in [0.2, 0.25) is 5.88 Å². The lowest BCUT2D eigenvalue weighted by atomic mass is 10.0. The van der Waals surface area contributed by atoms with Crippen molar-refractivity contribution in [1.29, 1.82) is 0 Å². The summed E-state index contributed by atoms with van der Waals surface area (Å²) >= 11 is 0. The molecule has 234 valence electrons. The van der Waals surface area contributed by atoms with Gasteiger partial charge in [-0.1, -0.05) is 6.92 Å². The van der Waals surface area contributed by atoms with Crippen LogP contribution in [0.1, 0.15) is 43.0 Å². The average molecular weight is 618 g/mol. The first-order valence-corrected chi connectivity index (χ1v) is 16.2. The topological polar surface area (TPSA) is 116 Å². The number of aryl methyl sites for hydroxylation is 1. The second-order valence-corrected chi connectivity index (χ2v) is 13.4. The Labute approximate surface area is 265 Å². The van der Waals surface area contributed by atoms with E-state index in [2.05, 4.69) is 43.4 Å². The summed E-state index contributed by atoms with van der Waals surface area (Å²) in [5.41, 5.74) is 6.13. The van der Waals surface area contributed by atoms with Gasteiger partial charge in [-0.3, -0.25) is 9.59 Å². The molecule has 3 fully saturated rings. The van der Waals surface area contributed by atoms with Gasteiger partial charge in [-0.15, -0.1) is 0 Å². The van der Waals surface area contributed by atoms with Gasteiger partial charge in [0.25, 0.3) is 11.8 Å². The van der Waals surface area contributed by atoms with Crippen LogP contribution in [0.3, 0.4) is 0 Å². The van der Waals surface area contributed by atoms with E-state index >= 15 is 0 Å². The Hall–Kier alpha value is -4.93. The first-order valence-electron chi connectivity index (χ1n) is 16.2. The zero-order valence-electron chi connectivity index (χ0n) is 26.1. The number of anilines is 1. The third-order valence-corrected chi connectivity index (χ3v) is 10.5. The number of likely N-dealkylation sites (tertiary alicyclic amines) is 1. The van der Waals surface area contributed by atoms with Crippen molar-refractivity contribution in [2.24, 2.45) is 24.8 Å². The summed E-state index contributed by atoms with van der Waals surface area (Å²) in [5.74, 6) is 3.44. The second kappa shape index (κ2) is 10.0. The Balaban J connectivity index is 1.14. The van der Waals surface area contributed by atoms with Crippen molar-refractivity contribution in [3.8, 4) is 34.4 Å². The van der Waals surface area contributed by atoms with E-state index in [1.54, 1.807) is 13.3 Å². The average Bonchev–Trinajstić information content (AvgIpc) is 3.47. The van der Waals surface area contributed by atoms with Crippen LogP contribution in [0.2, 0.25) is 0 Å². The molecule has 2 aliphatic heterocycles. The minimum atomic E-state index is -0.203. The van der Waals surface area contributed by atoms with E-state index in [1.807, 2.05) is 31.3 Å². The van der Waals surface area contributed by atoms with Gasteiger partial charge in [-0.05, 0) is 79.8 Å². The van der Waals surface area contributed by atoms with Crippen molar-refractivity contribution in [3.05, 3.63) is 48.2 Å². The number of ether oxygens (including phenoxy) is 2. The molecule has 2 amide bonds. The third-order valence-electron chi connectivity index (χ3n) is 10.5. The number of nitrogens with zero attached hydrogens (tertiary/aromatic N) is 6. The number of nitrogens with one attached hydrogen (secondary N) is 1. The molecule has 2 bridgehead atoms. The van der Waals surface area contributed by atoms with E-state index in [1.165, 1.54) is 19.3 Å². The molecular formula is C35H35N7O4. The molecule has 4 aromatic heterocycles. The number of carbonyl (C=O) groups is 2. The summed E-state index contributed by atoms with van der Waals surface area (Å²) in [6, 6.07) is 12.2. The maximum atomic E-state index is 13.8.